The Kier molecular flexibility index (Phi) is 5.53. The van der Waals surface area contributed by atoms with Crippen LogP contribution in [0.5, 0.6) is 0 Å². The van der Waals surface area contributed by atoms with Gasteiger partial charge >= 0.3 is 23.8 Å². The van der Waals surface area contributed by atoms with Crippen LogP contribution in [0.4, 0.5) is 17.4 Å². The van der Waals surface area contributed by atoms with Crippen molar-refractivity contribution in [1.29, 1.82) is 0 Å². The van der Waals surface area contributed by atoms with E-state index in [9.17, 15) is 9.59 Å². The van der Waals surface area contributed by atoms with Gasteiger partial charge in [-0.1, -0.05) is 23.3 Å². The molecule has 2 fully saturated rings. The van der Waals surface area contributed by atoms with Crippen LogP contribution in [0.3, 0.4) is 0 Å². The summed E-state index contributed by atoms with van der Waals surface area (Å²) in [5.41, 5.74) is 2.49. The van der Waals surface area contributed by atoms with E-state index < -0.39 is 5.91 Å². The number of esters is 1. The molecule has 0 aliphatic heterocycles. The van der Waals surface area contributed by atoms with Crippen LogP contribution in [0.1, 0.15) is 54.4 Å². The van der Waals surface area contributed by atoms with Crippen molar-refractivity contribution >= 4 is 29.3 Å². The van der Waals surface area contributed by atoms with Crippen LogP contribution in [-0.2, 0) is 9.53 Å². The number of para-hydroxylation sites is 1. The van der Waals surface area contributed by atoms with Crippen molar-refractivity contribution in [3.05, 3.63) is 60.2 Å². The first kappa shape index (κ1) is 21.1. The summed E-state index contributed by atoms with van der Waals surface area (Å²) < 4.78 is 10.3. The molecule has 1 amide bonds. The lowest BCUT2D eigenvalue weighted by Crippen LogP contribution is -2.20. The van der Waals surface area contributed by atoms with Gasteiger partial charge in [0.2, 0.25) is 0 Å². The Morgan fingerprint density at radius 1 is 1.06 bits per heavy atom. The number of benzene rings is 1. The number of methoxy groups -OCH3 is 1. The van der Waals surface area contributed by atoms with E-state index in [0.29, 0.717) is 11.6 Å². The third kappa shape index (κ3) is 4.44. The number of amides is 1. The van der Waals surface area contributed by atoms with Gasteiger partial charge in [-0.05, 0) is 61.8 Å². The van der Waals surface area contributed by atoms with Gasteiger partial charge in [0.05, 0.1) is 24.9 Å². The molecule has 0 bridgehead atoms. The highest BCUT2D eigenvalue weighted by Gasteiger charge is 2.59. The lowest BCUT2D eigenvalue weighted by molar-refractivity contribution is -0.143. The van der Waals surface area contributed by atoms with Crippen molar-refractivity contribution in [3.8, 4) is 0 Å². The first-order valence-corrected chi connectivity index (χ1v) is 11.1. The first-order valence-electron chi connectivity index (χ1n) is 11.1. The molecule has 5 rings (SSSR count). The lowest BCUT2D eigenvalue weighted by Gasteiger charge is -2.28. The zero-order valence-electron chi connectivity index (χ0n) is 18.3. The van der Waals surface area contributed by atoms with E-state index in [1.54, 1.807) is 6.20 Å². The summed E-state index contributed by atoms with van der Waals surface area (Å²) in [5.74, 6) is -0.278. The third-order valence-corrected chi connectivity index (χ3v) is 6.76. The van der Waals surface area contributed by atoms with E-state index >= 15 is 0 Å². The minimum absolute atomic E-state index is 0.0714. The number of anilines is 3. The van der Waals surface area contributed by atoms with Crippen LogP contribution in [0.25, 0.3) is 0 Å². The van der Waals surface area contributed by atoms with Gasteiger partial charge in [-0.15, -0.1) is 5.10 Å². The van der Waals surface area contributed by atoms with Crippen molar-refractivity contribution in [1.82, 2.24) is 15.2 Å². The Morgan fingerprint density at radius 2 is 1.85 bits per heavy atom. The molecule has 2 aliphatic rings. The molecule has 1 spiro atoms. The Labute approximate surface area is 191 Å². The minimum atomic E-state index is -0.500. The second-order valence-electron chi connectivity index (χ2n) is 8.75. The SMILES string of the molecule is COC(=O)C1C[C@]12CC[C@H](c1ccc(NC(=O)c3nnc(Nc4ccccc4)o3)cn1)CC2. The Morgan fingerprint density at radius 3 is 2.55 bits per heavy atom. The van der Waals surface area contributed by atoms with Crippen molar-refractivity contribution in [3.63, 3.8) is 0 Å². The molecule has 33 heavy (non-hydrogen) atoms. The molecule has 2 heterocycles. The standard InChI is InChI=1S/C24H25N5O4/c1-32-22(31)18-13-24(18)11-9-15(10-12-24)19-8-7-17(14-25-19)26-20(30)21-28-29-23(33-21)27-16-5-3-2-4-6-16/h2-8,14-15,18H,9-13H2,1H3,(H,26,30)(H,27,29)/t15-,18?,24+. The molecular formula is C24H25N5O4. The van der Waals surface area contributed by atoms with Crippen LogP contribution in [0.15, 0.2) is 53.1 Å². The van der Waals surface area contributed by atoms with Gasteiger partial charge in [-0.25, -0.2) is 0 Å². The highest BCUT2D eigenvalue weighted by molar-refractivity contribution is 6.00. The van der Waals surface area contributed by atoms with Gasteiger partial charge in [0.25, 0.3) is 0 Å². The van der Waals surface area contributed by atoms with Crippen LogP contribution in [0.2, 0.25) is 0 Å². The molecular weight excluding hydrogens is 422 g/mol. The highest BCUT2D eigenvalue weighted by Crippen LogP contribution is 2.63. The average molecular weight is 447 g/mol. The monoisotopic (exact) mass is 447 g/mol. The fourth-order valence-electron chi connectivity index (χ4n) is 4.78. The van der Waals surface area contributed by atoms with E-state index in [-0.39, 0.29) is 29.2 Å². The summed E-state index contributed by atoms with van der Waals surface area (Å²) >= 11 is 0. The molecule has 2 aliphatic carbocycles. The molecule has 1 aromatic carbocycles. The summed E-state index contributed by atoms with van der Waals surface area (Å²) in [6, 6.07) is 13.3. The fourth-order valence-corrected chi connectivity index (χ4v) is 4.78. The number of pyridine rings is 1. The molecule has 0 radical (unpaired) electrons. The molecule has 1 atom stereocenters. The predicted molar refractivity (Wildman–Crippen MR) is 120 cm³/mol. The Bertz CT molecular complexity index is 1140. The van der Waals surface area contributed by atoms with Crippen LogP contribution in [0, 0.1) is 11.3 Å². The number of ether oxygens (including phenoxy) is 1. The van der Waals surface area contributed by atoms with Gasteiger partial charge in [0, 0.05) is 17.3 Å². The summed E-state index contributed by atoms with van der Waals surface area (Å²) in [7, 11) is 1.46. The number of carbonyl (C=O) groups is 2. The van der Waals surface area contributed by atoms with Gasteiger partial charge in [-0.2, -0.15) is 0 Å². The Hall–Kier alpha value is -3.75. The molecule has 2 N–H and O–H groups in total. The number of nitrogens with zero attached hydrogens (tertiary/aromatic N) is 3. The molecule has 170 valence electrons. The normalized spacial score (nSPS) is 23.7. The van der Waals surface area contributed by atoms with Crippen LogP contribution >= 0.6 is 0 Å². The summed E-state index contributed by atoms with van der Waals surface area (Å²) in [4.78, 5) is 28.8. The fraction of sp³-hybridized carbons (Fsp3) is 0.375. The van der Waals surface area contributed by atoms with Gasteiger partial charge < -0.3 is 19.8 Å². The Balaban J connectivity index is 1.15. The van der Waals surface area contributed by atoms with Gasteiger partial charge in [0.1, 0.15) is 0 Å². The topological polar surface area (TPSA) is 119 Å². The number of hydrogen-bond acceptors (Lipinski definition) is 8. The predicted octanol–water partition coefficient (Wildman–Crippen LogP) is 4.30. The van der Waals surface area contributed by atoms with E-state index in [4.69, 9.17) is 9.15 Å². The van der Waals surface area contributed by atoms with Crippen LogP contribution < -0.4 is 10.6 Å². The summed E-state index contributed by atoms with van der Waals surface area (Å²) in [5, 5.41) is 13.3. The maximum absolute atomic E-state index is 12.5. The van der Waals surface area contributed by atoms with Gasteiger partial charge in [-0.3, -0.25) is 14.6 Å². The van der Waals surface area contributed by atoms with E-state index in [0.717, 1.165) is 43.5 Å². The molecule has 3 aromatic rings. The van der Waals surface area contributed by atoms with E-state index in [1.165, 1.54) is 7.11 Å². The molecule has 0 saturated heterocycles. The average Bonchev–Trinajstić information content (AvgIpc) is 3.33. The number of rotatable bonds is 6. The number of hydrogen-bond donors (Lipinski definition) is 2. The molecule has 9 heteroatoms. The van der Waals surface area contributed by atoms with Crippen molar-refractivity contribution < 1.29 is 18.7 Å². The maximum atomic E-state index is 12.5. The van der Waals surface area contributed by atoms with Crippen molar-refractivity contribution in [2.45, 2.75) is 38.0 Å². The van der Waals surface area contributed by atoms with Crippen molar-refractivity contribution in [2.75, 3.05) is 17.7 Å². The molecule has 2 saturated carbocycles. The molecule has 2 aromatic heterocycles. The zero-order chi connectivity index (χ0) is 22.8. The summed E-state index contributed by atoms with van der Waals surface area (Å²) in [6.07, 6.45) is 6.65. The molecule has 1 unspecified atom stereocenters. The second kappa shape index (κ2) is 8.65. The molecule has 9 nitrogen and oxygen atoms in total. The van der Waals surface area contributed by atoms with E-state index in [2.05, 4.69) is 25.8 Å². The second-order valence-corrected chi connectivity index (χ2v) is 8.75. The number of nitrogens with one attached hydrogen (secondary N) is 2. The van der Waals surface area contributed by atoms with Crippen LogP contribution in [-0.4, -0.2) is 34.2 Å². The number of carbonyl (C=O) groups excluding carboxylic acids is 2. The maximum Gasteiger partial charge on any atom is 0.320 e. The largest absolute Gasteiger partial charge is 0.469 e. The van der Waals surface area contributed by atoms with Crippen molar-refractivity contribution in [2.24, 2.45) is 11.3 Å². The van der Waals surface area contributed by atoms with Gasteiger partial charge in [0.15, 0.2) is 0 Å². The third-order valence-electron chi connectivity index (χ3n) is 6.76. The first-order chi connectivity index (χ1) is 16.1. The smallest absolute Gasteiger partial charge is 0.320 e. The minimum Gasteiger partial charge on any atom is -0.469 e. The van der Waals surface area contributed by atoms with E-state index in [1.807, 2.05) is 42.5 Å². The quantitative estimate of drug-likeness (QED) is 0.537. The lowest BCUT2D eigenvalue weighted by atomic mass is 9.77. The summed E-state index contributed by atoms with van der Waals surface area (Å²) in [6.45, 7) is 0. The number of aromatic nitrogens is 3. The zero-order valence-corrected chi connectivity index (χ0v) is 18.3. The highest BCUT2D eigenvalue weighted by atomic mass is 16.5.